The number of hydrogen-bond acceptors (Lipinski definition) is 8. The highest BCUT2D eigenvalue weighted by atomic mass is 32.2. The van der Waals surface area contributed by atoms with Crippen molar-refractivity contribution in [3.63, 3.8) is 0 Å². The van der Waals surface area contributed by atoms with E-state index in [1.165, 1.54) is 6.92 Å². The first kappa shape index (κ1) is 23.5. The summed E-state index contributed by atoms with van der Waals surface area (Å²) in [6.07, 6.45) is -1.62. The maximum Gasteiger partial charge on any atom is 0.251 e. The maximum absolute atomic E-state index is 14.5. The van der Waals surface area contributed by atoms with Crippen LogP contribution in [0.4, 0.5) is 19.1 Å². The molecule has 1 aromatic rings. The molecule has 2 aliphatic rings. The molecule has 4 atom stereocenters. The molecular weight excluding hydrogens is 439 g/mol. The Morgan fingerprint density at radius 2 is 2.13 bits per heavy atom. The summed E-state index contributed by atoms with van der Waals surface area (Å²) in [4.78, 5) is 8.03. The van der Waals surface area contributed by atoms with Gasteiger partial charge in [0.1, 0.15) is 29.5 Å². The predicted molar refractivity (Wildman–Crippen MR) is 104 cm³/mol. The smallest absolute Gasteiger partial charge is 0.251 e. The van der Waals surface area contributed by atoms with Crippen LogP contribution in [-0.4, -0.2) is 77.0 Å². The molecule has 2 fully saturated rings. The number of rotatable bonds is 5. The zero-order valence-corrected chi connectivity index (χ0v) is 17.9. The lowest BCUT2D eigenvalue weighted by Gasteiger charge is -2.40. The van der Waals surface area contributed by atoms with Crippen molar-refractivity contribution in [3.05, 3.63) is 11.8 Å². The van der Waals surface area contributed by atoms with Crippen LogP contribution in [0.5, 0.6) is 5.88 Å². The zero-order chi connectivity index (χ0) is 23.0. The van der Waals surface area contributed by atoms with Crippen molar-refractivity contribution in [2.24, 2.45) is 0 Å². The summed E-state index contributed by atoms with van der Waals surface area (Å²) in [5.41, 5.74) is -1.91. The average Bonchev–Trinajstić information content (AvgIpc) is 2.64. The van der Waals surface area contributed by atoms with Gasteiger partial charge in [-0.25, -0.2) is 26.6 Å². The van der Waals surface area contributed by atoms with Crippen LogP contribution in [0.25, 0.3) is 0 Å². The number of aromatic nitrogens is 2. The Labute approximate surface area is 178 Å². The maximum atomic E-state index is 14.5. The zero-order valence-electron chi connectivity index (χ0n) is 17.1. The molecule has 0 aromatic carbocycles. The fourth-order valence-electron chi connectivity index (χ4n) is 3.81. The van der Waals surface area contributed by atoms with E-state index in [0.29, 0.717) is 0 Å². The van der Waals surface area contributed by atoms with Crippen molar-refractivity contribution in [1.29, 1.82) is 5.26 Å². The third kappa shape index (κ3) is 5.55. The number of nitrogens with one attached hydrogen (secondary N) is 1. The minimum atomic E-state index is -3.51. The van der Waals surface area contributed by atoms with Crippen molar-refractivity contribution in [2.75, 3.05) is 24.7 Å². The van der Waals surface area contributed by atoms with Gasteiger partial charge in [0, 0.05) is 25.9 Å². The molecule has 9 nitrogen and oxygen atoms in total. The molecule has 0 bridgehead atoms. The highest BCUT2D eigenvalue weighted by molar-refractivity contribution is 7.88. The fraction of sp³-hybridized carbons (Fsp3) is 0.722. The van der Waals surface area contributed by atoms with Gasteiger partial charge in [-0.05, 0) is 19.8 Å². The lowest BCUT2D eigenvalue weighted by atomic mass is 9.81. The summed E-state index contributed by atoms with van der Waals surface area (Å²) >= 11 is 0. The highest BCUT2D eigenvalue weighted by Gasteiger charge is 2.49. The number of nitrogens with zero attached hydrogens (tertiary/aromatic N) is 4. The molecule has 0 unspecified atom stereocenters. The van der Waals surface area contributed by atoms with Crippen LogP contribution >= 0.6 is 0 Å². The Bertz CT molecular complexity index is 969. The SMILES string of the molecule is C[C@]1(O)CC(F)(F)CC[C@H]1Oc1nc(N[C@@H]2CCN(S(C)(=O)=O)C[C@@H]2F)ncc1C#N. The molecule has 1 aliphatic heterocycles. The minimum Gasteiger partial charge on any atom is -0.470 e. The van der Waals surface area contributed by atoms with Gasteiger partial charge in [0.2, 0.25) is 21.9 Å². The average molecular weight is 463 g/mol. The largest absolute Gasteiger partial charge is 0.470 e. The molecule has 1 saturated carbocycles. The molecule has 1 aliphatic carbocycles. The van der Waals surface area contributed by atoms with Crippen LogP contribution in [0.15, 0.2) is 6.20 Å². The van der Waals surface area contributed by atoms with Crippen LogP contribution in [0.2, 0.25) is 0 Å². The first-order valence-corrected chi connectivity index (χ1v) is 11.6. The van der Waals surface area contributed by atoms with Gasteiger partial charge >= 0.3 is 0 Å². The van der Waals surface area contributed by atoms with Gasteiger partial charge in [-0.3, -0.25) is 0 Å². The molecule has 172 valence electrons. The molecule has 13 heteroatoms. The molecule has 1 saturated heterocycles. The molecule has 0 spiro atoms. The first-order valence-electron chi connectivity index (χ1n) is 9.70. The van der Waals surface area contributed by atoms with E-state index >= 15 is 0 Å². The second-order valence-electron chi connectivity index (χ2n) is 8.24. The summed E-state index contributed by atoms with van der Waals surface area (Å²) in [5, 5.41) is 22.5. The van der Waals surface area contributed by atoms with Gasteiger partial charge in [0.15, 0.2) is 0 Å². The Balaban J connectivity index is 1.74. The van der Waals surface area contributed by atoms with E-state index in [-0.39, 0.29) is 43.3 Å². The van der Waals surface area contributed by atoms with Crippen molar-refractivity contribution in [1.82, 2.24) is 14.3 Å². The van der Waals surface area contributed by atoms with Crippen molar-refractivity contribution in [3.8, 4) is 11.9 Å². The molecule has 0 amide bonds. The topological polar surface area (TPSA) is 128 Å². The lowest BCUT2D eigenvalue weighted by Crippen LogP contribution is -2.51. The summed E-state index contributed by atoms with van der Waals surface area (Å²) in [5.74, 6) is -3.29. The second kappa shape index (κ2) is 8.40. The van der Waals surface area contributed by atoms with Crippen LogP contribution in [0.1, 0.15) is 38.2 Å². The normalized spacial score (nSPS) is 31.6. The van der Waals surface area contributed by atoms with Crippen LogP contribution in [0.3, 0.4) is 0 Å². The van der Waals surface area contributed by atoms with E-state index in [2.05, 4.69) is 15.3 Å². The highest BCUT2D eigenvalue weighted by Crippen LogP contribution is 2.40. The number of piperidine rings is 1. The summed E-state index contributed by atoms with van der Waals surface area (Å²) in [6.45, 7) is 1.05. The monoisotopic (exact) mass is 463 g/mol. The number of halogens is 3. The van der Waals surface area contributed by atoms with E-state index in [9.17, 15) is 32.0 Å². The van der Waals surface area contributed by atoms with Gasteiger partial charge in [0.05, 0.1) is 18.5 Å². The summed E-state index contributed by atoms with van der Waals surface area (Å²) in [7, 11) is -3.51. The third-order valence-corrected chi connectivity index (χ3v) is 6.77. The van der Waals surface area contributed by atoms with Gasteiger partial charge in [0.25, 0.3) is 5.92 Å². The Morgan fingerprint density at radius 1 is 1.42 bits per heavy atom. The van der Waals surface area contributed by atoms with E-state index in [4.69, 9.17) is 4.74 Å². The van der Waals surface area contributed by atoms with E-state index < -0.39 is 52.7 Å². The van der Waals surface area contributed by atoms with Crippen molar-refractivity contribution < 1.29 is 31.4 Å². The molecule has 1 aromatic heterocycles. The lowest BCUT2D eigenvalue weighted by molar-refractivity contribution is -0.162. The van der Waals surface area contributed by atoms with Crippen molar-refractivity contribution in [2.45, 2.75) is 62.4 Å². The van der Waals surface area contributed by atoms with E-state index in [1.54, 1.807) is 0 Å². The molecule has 2 N–H and O–H groups in total. The van der Waals surface area contributed by atoms with Crippen LogP contribution < -0.4 is 10.1 Å². The van der Waals surface area contributed by atoms with Crippen LogP contribution in [-0.2, 0) is 10.0 Å². The van der Waals surface area contributed by atoms with Crippen LogP contribution in [0, 0.1) is 11.3 Å². The Morgan fingerprint density at radius 3 is 2.71 bits per heavy atom. The molecule has 2 heterocycles. The van der Waals surface area contributed by atoms with Gasteiger partial charge in [-0.15, -0.1) is 0 Å². The number of nitriles is 1. The number of alkyl halides is 3. The quantitative estimate of drug-likeness (QED) is 0.672. The Kier molecular flexibility index (Phi) is 6.37. The fourth-order valence-corrected chi connectivity index (χ4v) is 4.66. The van der Waals surface area contributed by atoms with E-state index in [1.807, 2.05) is 6.07 Å². The molecule has 31 heavy (non-hydrogen) atoms. The third-order valence-electron chi connectivity index (χ3n) is 5.50. The summed E-state index contributed by atoms with van der Waals surface area (Å²) in [6, 6.07) is 1.07. The number of ether oxygens (including phenoxy) is 1. The minimum absolute atomic E-state index is 0.0600. The van der Waals surface area contributed by atoms with Gasteiger partial charge < -0.3 is 15.2 Å². The predicted octanol–water partition coefficient (Wildman–Crippen LogP) is 1.45. The van der Waals surface area contributed by atoms with Crippen molar-refractivity contribution >= 4 is 16.0 Å². The first-order chi connectivity index (χ1) is 14.3. The Hall–Kier alpha value is -2.17. The number of aliphatic hydroxyl groups is 1. The van der Waals surface area contributed by atoms with E-state index in [0.717, 1.165) is 16.8 Å². The number of hydrogen-bond donors (Lipinski definition) is 2. The number of anilines is 1. The standard InChI is InChI=1S/C18H24F3N5O4S/c1-17(27)10-18(20,21)5-3-14(17)30-15-11(7-22)8-23-16(25-15)24-13-4-6-26(9-12(13)19)31(2,28)29/h8,12-14,27H,3-6,9-10H2,1-2H3,(H,23,24,25)/t12-,13+,14+,17-/m0/s1. The second-order valence-corrected chi connectivity index (χ2v) is 10.2. The van der Waals surface area contributed by atoms with Gasteiger partial charge in [-0.2, -0.15) is 14.6 Å². The molecule has 3 rings (SSSR count). The van der Waals surface area contributed by atoms with Gasteiger partial charge in [-0.1, -0.05) is 0 Å². The number of sulfonamides is 1. The molecule has 0 radical (unpaired) electrons. The molecular formula is C18H24F3N5O4S. The summed E-state index contributed by atoms with van der Waals surface area (Å²) < 4.78 is 71.6.